The van der Waals surface area contributed by atoms with E-state index in [4.69, 9.17) is 5.73 Å². The van der Waals surface area contributed by atoms with Crippen molar-refractivity contribution in [3.05, 3.63) is 29.8 Å². The summed E-state index contributed by atoms with van der Waals surface area (Å²) < 4.78 is 27.4. The van der Waals surface area contributed by atoms with Crippen molar-refractivity contribution >= 4 is 15.7 Å². The molecule has 1 aromatic carbocycles. The smallest absolute Gasteiger partial charge is 0.216 e. The predicted octanol–water partition coefficient (Wildman–Crippen LogP) is 2.66. The first kappa shape index (κ1) is 15.3. The van der Waals surface area contributed by atoms with Crippen molar-refractivity contribution in [1.82, 2.24) is 4.72 Å². The average molecular weight is 296 g/mol. The molecule has 1 fully saturated rings. The highest BCUT2D eigenvalue weighted by Crippen LogP contribution is 2.35. The largest absolute Gasteiger partial charge is 0.398 e. The molecule has 0 heterocycles. The van der Waals surface area contributed by atoms with Gasteiger partial charge in [-0.1, -0.05) is 38.5 Å². The van der Waals surface area contributed by atoms with Gasteiger partial charge in [0.25, 0.3) is 0 Å². The summed E-state index contributed by atoms with van der Waals surface area (Å²) in [4.78, 5) is 0. The second-order valence-electron chi connectivity index (χ2n) is 6.53. The first-order chi connectivity index (χ1) is 9.27. The topological polar surface area (TPSA) is 72.2 Å². The third-order valence-electron chi connectivity index (χ3n) is 3.95. The van der Waals surface area contributed by atoms with Crippen LogP contribution in [0.1, 0.15) is 45.1 Å². The van der Waals surface area contributed by atoms with Gasteiger partial charge in [-0.3, -0.25) is 0 Å². The molecule has 5 heteroatoms. The summed E-state index contributed by atoms with van der Waals surface area (Å²) >= 11 is 0. The lowest BCUT2D eigenvalue weighted by molar-refractivity contribution is 0.212. The van der Waals surface area contributed by atoms with Crippen molar-refractivity contribution in [1.29, 1.82) is 0 Å². The zero-order valence-electron chi connectivity index (χ0n) is 12.2. The molecule has 1 unspecified atom stereocenters. The molecule has 1 aliphatic carbocycles. The number of nitrogens with one attached hydrogen (secondary N) is 1. The van der Waals surface area contributed by atoms with Gasteiger partial charge in [0.2, 0.25) is 10.0 Å². The molecule has 0 spiro atoms. The lowest BCUT2D eigenvalue weighted by Crippen LogP contribution is -2.41. The van der Waals surface area contributed by atoms with Gasteiger partial charge in [0.05, 0.1) is 5.75 Å². The Bertz CT molecular complexity index is 567. The molecule has 0 aliphatic heterocycles. The summed E-state index contributed by atoms with van der Waals surface area (Å²) in [5.41, 5.74) is 7.22. The van der Waals surface area contributed by atoms with Crippen LogP contribution in [0.25, 0.3) is 0 Å². The van der Waals surface area contributed by atoms with E-state index in [2.05, 4.69) is 18.6 Å². The zero-order valence-corrected chi connectivity index (χ0v) is 13.0. The Hall–Kier alpha value is -1.07. The van der Waals surface area contributed by atoms with E-state index >= 15 is 0 Å². The molecule has 0 saturated heterocycles. The van der Waals surface area contributed by atoms with Crippen LogP contribution in [0.15, 0.2) is 24.3 Å². The maximum atomic E-state index is 12.3. The number of nitrogen functional groups attached to an aromatic ring is 1. The van der Waals surface area contributed by atoms with Crippen LogP contribution in [0.5, 0.6) is 0 Å². The molecular formula is C15H24N2O2S. The van der Waals surface area contributed by atoms with Gasteiger partial charge >= 0.3 is 0 Å². The van der Waals surface area contributed by atoms with E-state index in [0.29, 0.717) is 11.3 Å². The van der Waals surface area contributed by atoms with E-state index < -0.39 is 10.0 Å². The van der Waals surface area contributed by atoms with Gasteiger partial charge in [-0.15, -0.1) is 0 Å². The number of sulfonamides is 1. The van der Waals surface area contributed by atoms with Gasteiger partial charge in [-0.25, -0.2) is 13.1 Å². The van der Waals surface area contributed by atoms with Gasteiger partial charge in [0.15, 0.2) is 0 Å². The Morgan fingerprint density at radius 3 is 2.70 bits per heavy atom. The average Bonchev–Trinajstić information content (AvgIpc) is 2.30. The van der Waals surface area contributed by atoms with E-state index in [0.717, 1.165) is 25.7 Å². The number of hydrogen-bond donors (Lipinski definition) is 2. The summed E-state index contributed by atoms with van der Waals surface area (Å²) in [6, 6.07) is 7.16. The van der Waals surface area contributed by atoms with Crippen LogP contribution in [-0.2, 0) is 15.8 Å². The van der Waals surface area contributed by atoms with Gasteiger partial charge in [-0.05, 0) is 36.3 Å². The highest BCUT2D eigenvalue weighted by Gasteiger charge is 2.30. The minimum absolute atomic E-state index is 0.0450. The summed E-state index contributed by atoms with van der Waals surface area (Å²) in [5, 5.41) is 0. The Morgan fingerprint density at radius 1 is 1.35 bits per heavy atom. The maximum Gasteiger partial charge on any atom is 0.216 e. The van der Waals surface area contributed by atoms with Gasteiger partial charge < -0.3 is 5.73 Å². The standard InChI is InChI=1S/C15H24N2O2S/c1-15(2)9-5-7-13(10-15)17-20(18,19)11-12-6-3-4-8-14(12)16/h3-4,6,8,13,17H,5,7,9-11,16H2,1-2H3. The Labute approximate surface area is 121 Å². The van der Waals surface area contributed by atoms with Gasteiger partial charge in [0.1, 0.15) is 0 Å². The summed E-state index contributed by atoms with van der Waals surface area (Å²) in [6.07, 6.45) is 4.06. The Kier molecular flexibility index (Phi) is 4.39. The van der Waals surface area contributed by atoms with Crippen molar-refractivity contribution in [3.8, 4) is 0 Å². The number of nitrogens with two attached hydrogens (primary N) is 1. The van der Waals surface area contributed by atoms with Crippen LogP contribution < -0.4 is 10.5 Å². The number of anilines is 1. The third-order valence-corrected chi connectivity index (χ3v) is 5.34. The Balaban J connectivity index is 2.03. The third kappa shape index (κ3) is 4.21. The van der Waals surface area contributed by atoms with Crippen LogP contribution in [0.2, 0.25) is 0 Å². The zero-order chi connectivity index (χ0) is 14.8. The van der Waals surface area contributed by atoms with Crippen LogP contribution in [0.3, 0.4) is 0 Å². The predicted molar refractivity (Wildman–Crippen MR) is 82.7 cm³/mol. The summed E-state index contributed by atoms with van der Waals surface area (Å²) in [6.45, 7) is 4.39. The summed E-state index contributed by atoms with van der Waals surface area (Å²) in [7, 11) is -3.34. The molecule has 20 heavy (non-hydrogen) atoms. The SMILES string of the molecule is CC1(C)CCCC(NS(=O)(=O)Cc2ccccc2N)C1. The number of para-hydroxylation sites is 1. The van der Waals surface area contributed by atoms with Crippen molar-refractivity contribution in [2.45, 2.75) is 51.3 Å². The van der Waals surface area contributed by atoms with Crippen molar-refractivity contribution < 1.29 is 8.42 Å². The molecule has 0 bridgehead atoms. The van der Waals surface area contributed by atoms with E-state index in [1.54, 1.807) is 12.1 Å². The molecular weight excluding hydrogens is 272 g/mol. The monoisotopic (exact) mass is 296 g/mol. The molecule has 1 atom stereocenters. The van der Waals surface area contributed by atoms with E-state index in [1.165, 1.54) is 0 Å². The number of benzene rings is 1. The fourth-order valence-corrected chi connectivity index (χ4v) is 4.43. The molecule has 1 aromatic rings. The van der Waals surface area contributed by atoms with Crippen molar-refractivity contribution in [3.63, 3.8) is 0 Å². The lowest BCUT2D eigenvalue weighted by atomic mass is 9.75. The fraction of sp³-hybridized carbons (Fsp3) is 0.600. The molecule has 4 nitrogen and oxygen atoms in total. The number of rotatable bonds is 4. The lowest BCUT2D eigenvalue weighted by Gasteiger charge is -2.35. The quantitative estimate of drug-likeness (QED) is 0.839. The Morgan fingerprint density at radius 2 is 2.05 bits per heavy atom. The number of hydrogen-bond acceptors (Lipinski definition) is 3. The molecule has 112 valence electrons. The van der Waals surface area contributed by atoms with Crippen molar-refractivity contribution in [2.24, 2.45) is 5.41 Å². The maximum absolute atomic E-state index is 12.3. The first-order valence-electron chi connectivity index (χ1n) is 7.11. The first-order valence-corrected chi connectivity index (χ1v) is 8.76. The molecule has 1 saturated carbocycles. The normalized spacial score (nSPS) is 22.6. The van der Waals surface area contributed by atoms with Crippen LogP contribution >= 0.6 is 0 Å². The molecule has 0 aromatic heterocycles. The second kappa shape index (κ2) is 5.74. The molecule has 0 radical (unpaired) electrons. The van der Waals surface area contributed by atoms with Crippen LogP contribution in [0.4, 0.5) is 5.69 Å². The second-order valence-corrected chi connectivity index (χ2v) is 8.29. The van der Waals surface area contributed by atoms with E-state index in [1.807, 2.05) is 12.1 Å². The van der Waals surface area contributed by atoms with Gasteiger partial charge in [-0.2, -0.15) is 0 Å². The van der Waals surface area contributed by atoms with E-state index in [-0.39, 0.29) is 17.2 Å². The molecule has 3 N–H and O–H groups in total. The van der Waals surface area contributed by atoms with Crippen LogP contribution in [0, 0.1) is 5.41 Å². The van der Waals surface area contributed by atoms with Crippen LogP contribution in [-0.4, -0.2) is 14.5 Å². The minimum Gasteiger partial charge on any atom is -0.398 e. The van der Waals surface area contributed by atoms with E-state index in [9.17, 15) is 8.42 Å². The highest BCUT2D eigenvalue weighted by molar-refractivity contribution is 7.88. The highest BCUT2D eigenvalue weighted by atomic mass is 32.2. The minimum atomic E-state index is -3.34. The molecule has 1 aliphatic rings. The fourth-order valence-electron chi connectivity index (χ4n) is 2.96. The van der Waals surface area contributed by atoms with Crippen molar-refractivity contribution in [2.75, 3.05) is 5.73 Å². The molecule has 2 rings (SSSR count). The van der Waals surface area contributed by atoms with Gasteiger partial charge in [0, 0.05) is 11.7 Å². The molecule has 0 amide bonds. The summed E-state index contributed by atoms with van der Waals surface area (Å²) in [5.74, 6) is -0.0450.